The fourth-order valence-corrected chi connectivity index (χ4v) is 3.43. The highest BCUT2D eigenvalue weighted by atomic mass is 35.5. The Morgan fingerprint density at radius 1 is 1.15 bits per heavy atom. The van der Waals surface area contributed by atoms with Crippen molar-refractivity contribution in [2.75, 3.05) is 19.8 Å². The number of unbranched alkanes of at least 4 members (excludes halogenated alkanes) is 1. The van der Waals surface area contributed by atoms with Crippen LogP contribution in [0, 0.1) is 0 Å². The van der Waals surface area contributed by atoms with Crippen LogP contribution in [-0.2, 0) is 19.1 Å². The van der Waals surface area contributed by atoms with Crippen LogP contribution in [0.2, 0.25) is 0 Å². The smallest absolute Gasteiger partial charge is 0.445 e. The molecule has 1 aliphatic rings. The van der Waals surface area contributed by atoms with E-state index >= 15 is 0 Å². The van der Waals surface area contributed by atoms with Gasteiger partial charge in [0.15, 0.2) is 0 Å². The molecular weight excluding hydrogens is 465 g/mol. The van der Waals surface area contributed by atoms with Crippen molar-refractivity contribution in [1.82, 2.24) is 10.8 Å². The Morgan fingerprint density at radius 3 is 2.48 bits per heavy atom. The first-order valence-corrected chi connectivity index (χ1v) is 10.9. The second-order valence-corrected chi connectivity index (χ2v) is 7.61. The molecule has 1 saturated heterocycles. The number of carbonyl (C=O) groups is 2. The van der Waals surface area contributed by atoms with Crippen LogP contribution in [0.3, 0.4) is 0 Å². The summed E-state index contributed by atoms with van der Waals surface area (Å²) in [6, 6.07) is 7.33. The third-order valence-corrected chi connectivity index (χ3v) is 5.12. The fraction of sp³-hybridized carbons (Fsp3) is 0.636. The maximum Gasteiger partial charge on any atom is 0.445 e. The Balaban J connectivity index is 0.00000544. The number of hydrogen-bond donors (Lipinski definition) is 2. The van der Waals surface area contributed by atoms with Crippen molar-refractivity contribution in [3.63, 3.8) is 0 Å². The van der Waals surface area contributed by atoms with Gasteiger partial charge in [0.1, 0.15) is 0 Å². The third kappa shape index (κ3) is 9.48. The van der Waals surface area contributed by atoms with Gasteiger partial charge in [-0.15, -0.1) is 12.4 Å². The highest BCUT2D eigenvalue weighted by molar-refractivity contribution is 5.93. The molecule has 1 amide bonds. The molecular formula is C22H32ClF3N2O5. The maximum atomic E-state index is 14.2. The summed E-state index contributed by atoms with van der Waals surface area (Å²) in [7, 11) is 0. The van der Waals surface area contributed by atoms with E-state index in [0.29, 0.717) is 19.4 Å². The number of hydroxylamine groups is 1. The number of nitrogens with one attached hydrogen (secondary N) is 2. The van der Waals surface area contributed by atoms with Crippen LogP contribution >= 0.6 is 12.4 Å². The Hall–Kier alpha value is -1.88. The molecule has 2 rings (SSSR count). The zero-order valence-electron chi connectivity index (χ0n) is 18.6. The normalized spacial score (nSPS) is 18.0. The van der Waals surface area contributed by atoms with E-state index in [4.69, 9.17) is 14.3 Å². The lowest BCUT2D eigenvalue weighted by Crippen LogP contribution is -2.57. The molecule has 7 nitrogen and oxygen atoms in total. The highest BCUT2D eigenvalue weighted by Crippen LogP contribution is 2.39. The van der Waals surface area contributed by atoms with E-state index in [0.717, 1.165) is 12.8 Å². The Labute approximate surface area is 198 Å². The second-order valence-electron chi connectivity index (χ2n) is 7.61. The van der Waals surface area contributed by atoms with Gasteiger partial charge in [-0.2, -0.15) is 13.2 Å². The number of amides is 1. The molecule has 1 heterocycles. The van der Waals surface area contributed by atoms with Gasteiger partial charge < -0.3 is 14.8 Å². The number of benzene rings is 1. The van der Waals surface area contributed by atoms with Gasteiger partial charge in [0.05, 0.1) is 13.2 Å². The van der Waals surface area contributed by atoms with E-state index in [1.807, 2.05) is 5.48 Å². The standard InChI is InChI=1S/C22H31F3N2O5.ClH/c1-2-30-19(28)13-7-9-15-31-21(22(23,24)25,16-18-12-6-8-14-26-18)32-27-20(29)17-10-4-3-5-11-17;/h3-5,10-11,18,26H,2,6-9,12-16H2,1H3,(H,27,29);1H. The number of piperidine rings is 1. The molecule has 2 N–H and O–H groups in total. The van der Waals surface area contributed by atoms with E-state index in [1.54, 1.807) is 25.1 Å². The van der Waals surface area contributed by atoms with Gasteiger partial charge in [0.2, 0.25) is 0 Å². The number of alkyl halides is 3. The van der Waals surface area contributed by atoms with Crippen LogP contribution in [0.25, 0.3) is 0 Å². The van der Waals surface area contributed by atoms with Crippen LogP contribution in [-0.4, -0.2) is 49.6 Å². The molecule has 33 heavy (non-hydrogen) atoms. The molecule has 1 aromatic rings. The molecule has 188 valence electrons. The molecule has 0 spiro atoms. The Morgan fingerprint density at radius 2 is 1.88 bits per heavy atom. The van der Waals surface area contributed by atoms with Crippen molar-refractivity contribution in [3.8, 4) is 0 Å². The van der Waals surface area contributed by atoms with Crippen molar-refractivity contribution in [1.29, 1.82) is 0 Å². The van der Waals surface area contributed by atoms with Crippen LogP contribution in [0.4, 0.5) is 13.2 Å². The number of carbonyl (C=O) groups excluding carboxylic acids is 2. The number of halogens is 4. The van der Waals surface area contributed by atoms with Crippen LogP contribution in [0.15, 0.2) is 30.3 Å². The van der Waals surface area contributed by atoms with Gasteiger partial charge in [-0.25, -0.2) is 10.3 Å². The first-order chi connectivity index (χ1) is 15.3. The Kier molecular flexibility index (Phi) is 12.7. The molecule has 1 aromatic carbocycles. The Bertz CT molecular complexity index is 718. The predicted octanol–water partition coefficient (Wildman–Crippen LogP) is 4.31. The molecule has 11 heteroatoms. The molecule has 2 unspecified atom stereocenters. The van der Waals surface area contributed by atoms with Crippen LogP contribution < -0.4 is 10.8 Å². The minimum absolute atomic E-state index is 0. The number of esters is 1. The van der Waals surface area contributed by atoms with Crippen molar-refractivity contribution in [3.05, 3.63) is 35.9 Å². The summed E-state index contributed by atoms with van der Waals surface area (Å²) < 4.78 is 52.7. The summed E-state index contributed by atoms with van der Waals surface area (Å²) in [4.78, 5) is 28.7. The average Bonchev–Trinajstić information content (AvgIpc) is 2.77. The van der Waals surface area contributed by atoms with Crippen molar-refractivity contribution in [2.24, 2.45) is 0 Å². The zero-order chi connectivity index (χ0) is 23.5. The summed E-state index contributed by atoms with van der Waals surface area (Å²) in [5.41, 5.74) is 2.09. The third-order valence-electron chi connectivity index (χ3n) is 5.12. The monoisotopic (exact) mass is 496 g/mol. The molecule has 1 aliphatic heterocycles. The van der Waals surface area contributed by atoms with Gasteiger partial charge in [0.25, 0.3) is 11.7 Å². The molecule has 0 saturated carbocycles. The molecule has 0 aromatic heterocycles. The second kappa shape index (κ2) is 14.4. The molecule has 2 atom stereocenters. The van der Waals surface area contributed by atoms with Crippen molar-refractivity contribution < 1.29 is 37.1 Å². The van der Waals surface area contributed by atoms with Crippen LogP contribution in [0.1, 0.15) is 62.2 Å². The minimum Gasteiger partial charge on any atom is -0.466 e. The molecule has 0 aliphatic carbocycles. The van der Waals surface area contributed by atoms with E-state index < -0.39 is 36.3 Å². The van der Waals surface area contributed by atoms with Gasteiger partial charge in [-0.3, -0.25) is 9.59 Å². The lowest BCUT2D eigenvalue weighted by Gasteiger charge is -2.38. The summed E-state index contributed by atoms with van der Waals surface area (Å²) in [5.74, 6) is -4.23. The molecule has 1 fully saturated rings. The van der Waals surface area contributed by atoms with E-state index in [1.165, 1.54) is 12.1 Å². The number of rotatable bonds is 12. The maximum absolute atomic E-state index is 14.2. The SMILES string of the molecule is CCOC(=O)CCCCOC(CC1CCCCN1)(ONC(=O)c1ccccc1)C(F)(F)F.Cl. The first-order valence-electron chi connectivity index (χ1n) is 10.9. The largest absolute Gasteiger partial charge is 0.466 e. The fourth-order valence-electron chi connectivity index (χ4n) is 3.43. The van der Waals surface area contributed by atoms with E-state index in [9.17, 15) is 22.8 Å². The predicted molar refractivity (Wildman–Crippen MR) is 118 cm³/mol. The minimum atomic E-state index is -4.91. The summed E-state index contributed by atoms with van der Waals surface area (Å²) in [6.07, 6.45) is -2.60. The average molecular weight is 497 g/mol. The highest BCUT2D eigenvalue weighted by Gasteiger charge is 2.59. The summed E-state index contributed by atoms with van der Waals surface area (Å²) >= 11 is 0. The van der Waals surface area contributed by atoms with Crippen molar-refractivity contribution >= 4 is 24.3 Å². The van der Waals surface area contributed by atoms with Crippen LogP contribution in [0.5, 0.6) is 0 Å². The summed E-state index contributed by atoms with van der Waals surface area (Å²) in [6.45, 7) is 2.23. The van der Waals surface area contributed by atoms with E-state index in [2.05, 4.69) is 5.32 Å². The first kappa shape index (κ1) is 29.2. The number of hydrogen-bond acceptors (Lipinski definition) is 6. The lowest BCUT2D eigenvalue weighted by molar-refractivity contribution is -0.396. The van der Waals surface area contributed by atoms with E-state index in [-0.39, 0.29) is 44.0 Å². The van der Waals surface area contributed by atoms with Gasteiger partial charge >= 0.3 is 12.1 Å². The molecule has 0 radical (unpaired) electrons. The summed E-state index contributed by atoms with van der Waals surface area (Å²) in [5, 5.41) is 3.06. The lowest BCUT2D eigenvalue weighted by atomic mass is 9.97. The zero-order valence-corrected chi connectivity index (χ0v) is 19.4. The number of ether oxygens (including phenoxy) is 2. The quantitative estimate of drug-likeness (QED) is 0.194. The molecule has 0 bridgehead atoms. The van der Waals surface area contributed by atoms with Gasteiger partial charge in [-0.05, 0) is 51.3 Å². The van der Waals surface area contributed by atoms with Crippen molar-refractivity contribution in [2.45, 2.75) is 69.9 Å². The van der Waals surface area contributed by atoms with Gasteiger partial charge in [-0.1, -0.05) is 24.6 Å². The van der Waals surface area contributed by atoms with Gasteiger partial charge in [0, 0.05) is 24.4 Å². The topological polar surface area (TPSA) is 85.9 Å².